The van der Waals surface area contributed by atoms with Gasteiger partial charge in [-0.3, -0.25) is 4.79 Å². The Kier molecular flexibility index (Phi) is 6.49. The minimum atomic E-state index is -0.131. The number of aryl methyl sites for hydroxylation is 3. The molecule has 0 saturated heterocycles. The van der Waals surface area contributed by atoms with Gasteiger partial charge in [0.1, 0.15) is 10.8 Å². The predicted molar refractivity (Wildman–Crippen MR) is 91.9 cm³/mol. The number of anilines is 1. The Morgan fingerprint density at radius 2 is 2.17 bits per heavy atom. The molecule has 7 heteroatoms. The Morgan fingerprint density at radius 3 is 2.91 bits per heavy atom. The molecule has 23 heavy (non-hydrogen) atoms. The fourth-order valence-corrected chi connectivity index (χ4v) is 2.88. The first-order chi connectivity index (χ1) is 11.1. The molecule has 0 fully saturated rings. The number of amides is 1. The molecule has 0 unspecified atom stereocenters. The van der Waals surface area contributed by atoms with Gasteiger partial charge in [-0.15, -0.1) is 10.2 Å². The molecule has 0 aliphatic rings. The Morgan fingerprint density at radius 1 is 1.35 bits per heavy atom. The summed E-state index contributed by atoms with van der Waals surface area (Å²) < 4.78 is 5.79. The van der Waals surface area contributed by atoms with Gasteiger partial charge in [0.2, 0.25) is 11.0 Å². The van der Waals surface area contributed by atoms with Gasteiger partial charge in [0.15, 0.2) is 0 Å². The summed E-state index contributed by atoms with van der Waals surface area (Å²) in [4.78, 5) is 11.4. The molecule has 0 radical (unpaired) electrons. The van der Waals surface area contributed by atoms with Crippen LogP contribution in [-0.2, 0) is 11.2 Å². The topological polar surface area (TPSA) is 90.1 Å². The van der Waals surface area contributed by atoms with E-state index in [0.717, 1.165) is 29.2 Å². The molecule has 0 aliphatic heterocycles. The molecule has 1 aromatic carbocycles. The molecule has 3 N–H and O–H groups in total. The van der Waals surface area contributed by atoms with Gasteiger partial charge in [-0.2, -0.15) is 0 Å². The predicted octanol–water partition coefficient (Wildman–Crippen LogP) is 2.45. The van der Waals surface area contributed by atoms with E-state index in [1.165, 1.54) is 16.9 Å². The normalized spacial score (nSPS) is 10.6. The monoisotopic (exact) mass is 334 g/mol. The largest absolute Gasteiger partial charge is 0.493 e. The van der Waals surface area contributed by atoms with Crippen molar-refractivity contribution < 1.29 is 9.53 Å². The van der Waals surface area contributed by atoms with Crippen molar-refractivity contribution in [2.45, 2.75) is 33.1 Å². The van der Waals surface area contributed by atoms with Crippen molar-refractivity contribution in [1.29, 1.82) is 0 Å². The lowest BCUT2D eigenvalue weighted by molar-refractivity contribution is -0.116. The molecule has 1 amide bonds. The van der Waals surface area contributed by atoms with Crippen LogP contribution in [0.2, 0.25) is 0 Å². The van der Waals surface area contributed by atoms with E-state index in [2.05, 4.69) is 28.5 Å². The lowest BCUT2D eigenvalue weighted by Crippen LogP contribution is -2.15. The van der Waals surface area contributed by atoms with E-state index >= 15 is 0 Å². The van der Waals surface area contributed by atoms with E-state index in [9.17, 15) is 4.79 Å². The number of ether oxygens (including phenoxy) is 1. The third kappa shape index (κ3) is 5.61. The number of carbonyl (C=O) groups is 1. The van der Waals surface area contributed by atoms with Crippen molar-refractivity contribution >= 4 is 22.4 Å². The zero-order valence-corrected chi connectivity index (χ0v) is 14.3. The second kappa shape index (κ2) is 8.59. The van der Waals surface area contributed by atoms with Gasteiger partial charge in [0, 0.05) is 19.4 Å². The van der Waals surface area contributed by atoms with Crippen LogP contribution in [0.5, 0.6) is 5.75 Å². The zero-order chi connectivity index (χ0) is 16.7. The highest BCUT2D eigenvalue weighted by Gasteiger charge is 2.07. The van der Waals surface area contributed by atoms with Crippen LogP contribution in [0.3, 0.4) is 0 Å². The van der Waals surface area contributed by atoms with E-state index in [-0.39, 0.29) is 5.91 Å². The van der Waals surface area contributed by atoms with Crippen LogP contribution in [0.25, 0.3) is 0 Å². The maximum atomic E-state index is 11.4. The fourth-order valence-electron chi connectivity index (χ4n) is 2.08. The number of benzene rings is 1. The van der Waals surface area contributed by atoms with Gasteiger partial charge in [-0.25, -0.2) is 0 Å². The standard InChI is InChI=1S/C16H22N4O2S/c1-11-5-6-13(12(2)10-11)22-9-3-4-15-19-20-16(23-15)18-14(21)7-8-17/h5-6,10H,3-4,7-9,17H2,1-2H3,(H,18,20,21). The van der Waals surface area contributed by atoms with Crippen molar-refractivity contribution in [3.8, 4) is 5.75 Å². The quantitative estimate of drug-likeness (QED) is 0.724. The van der Waals surface area contributed by atoms with Crippen molar-refractivity contribution in [3.63, 3.8) is 0 Å². The van der Waals surface area contributed by atoms with Crippen LogP contribution >= 0.6 is 11.3 Å². The molecule has 0 aliphatic carbocycles. The summed E-state index contributed by atoms with van der Waals surface area (Å²) in [6.45, 7) is 5.06. The summed E-state index contributed by atoms with van der Waals surface area (Å²) >= 11 is 1.39. The Bertz CT molecular complexity index is 657. The van der Waals surface area contributed by atoms with Crippen LogP contribution in [-0.4, -0.2) is 29.3 Å². The van der Waals surface area contributed by atoms with Gasteiger partial charge in [-0.1, -0.05) is 29.0 Å². The van der Waals surface area contributed by atoms with Crippen LogP contribution in [0.15, 0.2) is 18.2 Å². The van der Waals surface area contributed by atoms with Gasteiger partial charge in [-0.05, 0) is 31.9 Å². The van der Waals surface area contributed by atoms with Gasteiger partial charge < -0.3 is 15.8 Å². The van der Waals surface area contributed by atoms with Gasteiger partial charge in [0.25, 0.3) is 0 Å². The molecular weight excluding hydrogens is 312 g/mol. The Balaban J connectivity index is 1.74. The summed E-state index contributed by atoms with van der Waals surface area (Å²) in [6, 6.07) is 6.15. The number of nitrogens with one attached hydrogen (secondary N) is 1. The van der Waals surface area contributed by atoms with Gasteiger partial charge in [0.05, 0.1) is 6.61 Å². The summed E-state index contributed by atoms with van der Waals surface area (Å²) in [6.07, 6.45) is 1.91. The van der Waals surface area contributed by atoms with Crippen molar-refractivity contribution in [2.75, 3.05) is 18.5 Å². The van der Waals surface area contributed by atoms with Crippen LogP contribution < -0.4 is 15.8 Å². The Hall–Kier alpha value is -1.99. The molecule has 0 bridgehead atoms. The number of nitrogens with zero attached hydrogens (tertiary/aromatic N) is 2. The first kappa shape index (κ1) is 17.4. The first-order valence-corrected chi connectivity index (χ1v) is 8.42. The molecule has 2 aromatic rings. The summed E-state index contributed by atoms with van der Waals surface area (Å²) in [5, 5.41) is 12.1. The Labute approximate surface area is 140 Å². The molecule has 0 saturated carbocycles. The number of hydrogen-bond acceptors (Lipinski definition) is 6. The van der Waals surface area contributed by atoms with Crippen molar-refractivity contribution in [1.82, 2.24) is 10.2 Å². The van der Waals surface area contributed by atoms with Crippen LogP contribution in [0, 0.1) is 13.8 Å². The highest BCUT2D eigenvalue weighted by molar-refractivity contribution is 7.15. The van der Waals surface area contributed by atoms with E-state index in [1.54, 1.807) is 0 Å². The number of carbonyl (C=O) groups excluding carboxylic acids is 1. The van der Waals surface area contributed by atoms with Crippen LogP contribution in [0.4, 0.5) is 5.13 Å². The molecule has 2 rings (SSSR count). The fraction of sp³-hybridized carbons (Fsp3) is 0.438. The minimum Gasteiger partial charge on any atom is -0.493 e. The summed E-state index contributed by atoms with van der Waals surface area (Å²) in [7, 11) is 0. The maximum absolute atomic E-state index is 11.4. The van der Waals surface area contributed by atoms with E-state index in [1.807, 2.05) is 19.1 Å². The second-order valence-corrected chi connectivity index (χ2v) is 6.37. The molecule has 1 aromatic heterocycles. The number of aromatic nitrogens is 2. The highest BCUT2D eigenvalue weighted by atomic mass is 32.1. The third-order valence-electron chi connectivity index (χ3n) is 3.21. The number of hydrogen-bond donors (Lipinski definition) is 2. The molecule has 124 valence electrons. The van der Waals surface area contributed by atoms with Crippen molar-refractivity contribution in [3.05, 3.63) is 34.3 Å². The zero-order valence-electron chi connectivity index (χ0n) is 13.5. The lowest BCUT2D eigenvalue weighted by Gasteiger charge is -2.09. The highest BCUT2D eigenvalue weighted by Crippen LogP contribution is 2.20. The SMILES string of the molecule is Cc1ccc(OCCCc2nnc(NC(=O)CCN)s2)c(C)c1. The van der Waals surface area contributed by atoms with Gasteiger partial charge >= 0.3 is 0 Å². The lowest BCUT2D eigenvalue weighted by atomic mass is 10.1. The van der Waals surface area contributed by atoms with E-state index in [0.29, 0.717) is 24.7 Å². The third-order valence-corrected chi connectivity index (χ3v) is 4.11. The molecule has 0 spiro atoms. The molecule has 1 heterocycles. The summed E-state index contributed by atoms with van der Waals surface area (Å²) in [5.74, 6) is 0.788. The average molecular weight is 334 g/mol. The van der Waals surface area contributed by atoms with Crippen LogP contribution in [0.1, 0.15) is 29.0 Å². The van der Waals surface area contributed by atoms with Crippen molar-refractivity contribution in [2.24, 2.45) is 5.73 Å². The smallest absolute Gasteiger partial charge is 0.227 e. The number of rotatable bonds is 8. The average Bonchev–Trinajstić information content (AvgIpc) is 2.93. The minimum absolute atomic E-state index is 0.131. The maximum Gasteiger partial charge on any atom is 0.227 e. The molecular formula is C16H22N4O2S. The second-order valence-electron chi connectivity index (χ2n) is 5.31. The number of nitrogens with two attached hydrogens (primary N) is 1. The summed E-state index contributed by atoms with van der Waals surface area (Å²) in [5.41, 5.74) is 7.70. The molecule has 0 atom stereocenters. The molecule has 6 nitrogen and oxygen atoms in total. The first-order valence-electron chi connectivity index (χ1n) is 7.61. The van der Waals surface area contributed by atoms with E-state index < -0.39 is 0 Å². The van der Waals surface area contributed by atoms with E-state index in [4.69, 9.17) is 10.5 Å².